The van der Waals surface area contributed by atoms with Crippen LogP contribution in [0.25, 0.3) is 0 Å². The summed E-state index contributed by atoms with van der Waals surface area (Å²) in [5, 5.41) is 4.90. The summed E-state index contributed by atoms with van der Waals surface area (Å²) >= 11 is 1.69. The van der Waals surface area contributed by atoms with Gasteiger partial charge in [0.05, 0.1) is 12.2 Å². The summed E-state index contributed by atoms with van der Waals surface area (Å²) in [7, 11) is 0. The predicted octanol–water partition coefficient (Wildman–Crippen LogP) is 2.89. The summed E-state index contributed by atoms with van der Waals surface area (Å²) < 4.78 is 0. The van der Waals surface area contributed by atoms with Crippen LogP contribution in [0.2, 0.25) is 0 Å². The van der Waals surface area contributed by atoms with Crippen molar-refractivity contribution >= 4 is 23.1 Å². The number of rotatable bonds is 0. The van der Waals surface area contributed by atoms with Crippen molar-refractivity contribution in [2.75, 3.05) is 5.32 Å². The normalized spacial score (nSPS) is 16.5. The largest absolute Gasteiger partial charge is 0.322 e. The molecule has 0 aromatic carbocycles. The number of urea groups is 1. The van der Waals surface area contributed by atoms with Crippen LogP contribution in [0.3, 0.4) is 0 Å². The van der Waals surface area contributed by atoms with Crippen molar-refractivity contribution in [3.8, 4) is 0 Å². The summed E-state index contributed by atoms with van der Waals surface area (Å²) in [6.45, 7) is 6.86. The molecule has 1 aromatic rings. The molecule has 1 N–H and O–H groups in total. The van der Waals surface area contributed by atoms with E-state index in [1.54, 1.807) is 11.3 Å². The van der Waals surface area contributed by atoms with Crippen LogP contribution >= 0.6 is 11.3 Å². The lowest BCUT2D eigenvalue weighted by Gasteiger charge is -2.38. The van der Waals surface area contributed by atoms with Crippen molar-refractivity contribution in [3.05, 3.63) is 16.3 Å². The molecule has 0 unspecified atom stereocenters. The minimum Gasteiger partial charge on any atom is -0.314 e. The maximum Gasteiger partial charge on any atom is 0.322 e. The number of fused-ring (bicyclic) bond motifs is 1. The van der Waals surface area contributed by atoms with Crippen molar-refractivity contribution in [3.63, 3.8) is 0 Å². The second kappa shape index (κ2) is 2.98. The Kier molecular flexibility index (Phi) is 2.03. The zero-order valence-electron chi connectivity index (χ0n) is 8.63. The molecule has 0 bridgehead atoms. The second-order valence-corrected chi connectivity index (χ2v) is 5.45. The second-order valence-electron chi connectivity index (χ2n) is 4.44. The summed E-state index contributed by atoms with van der Waals surface area (Å²) in [6.07, 6.45) is 0. The van der Waals surface area contributed by atoms with Gasteiger partial charge in [-0.05, 0) is 32.2 Å². The third-order valence-corrected chi connectivity index (χ3v) is 3.25. The van der Waals surface area contributed by atoms with Gasteiger partial charge in [0.25, 0.3) is 0 Å². The number of hydrogen-bond acceptors (Lipinski definition) is 2. The summed E-state index contributed by atoms with van der Waals surface area (Å²) in [6, 6.07) is 1.96. The molecule has 0 fully saturated rings. The molecule has 2 amide bonds. The number of carbonyl (C=O) groups is 1. The monoisotopic (exact) mass is 210 g/mol. The van der Waals surface area contributed by atoms with Gasteiger partial charge in [0.15, 0.2) is 0 Å². The molecule has 1 aliphatic heterocycles. The molecule has 0 spiro atoms. The van der Waals surface area contributed by atoms with Gasteiger partial charge >= 0.3 is 6.03 Å². The summed E-state index contributed by atoms with van der Waals surface area (Å²) in [5.41, 5.74) is 0.853. The Morgan fingerprint density at radius 3 is 2.86 bits per heavy atom. The molecule has 1 aromatic heterocycles. The zero-order chi connectivity index (χ0) is 10.3. The number of nitrogens with zero attached hydrogens (tertiary/aromatic N) is 1. The highest BCUT2D eigenvalue weighted by Crippen LogP contribution is 2.31. The van der Waals surface area contributed by atoms with E-state index in [1.807, 2.05) is 37.1 Å². The Morgan fingerprint density at radius 2 is 2.21 bits per heavy atom. The van der Waals surface area contributed by atoms with Crippen LogP contribution in [0.15, 0.2) is 11.4 Å². The molecular weight excluding hydrogens is 196 g/mol. The maximum absolute atomic E-state index is 11.7. The molecule has 76 valence electrons. The van der Waals surface area contributed by atoms with Crippen molar-refractivity contribution in [2.45, 2.75) is 32.9 Å². The first-order valence-corrected chi connectivity index (χ1v) is 5.51. The minimum absolute atomic E-state index is 0.00315. The highest BCUT2D eigenvalue weighted by Gasteiger charge is 2.31. The molecule has 0 atom stereocenters. The topological polar surface area (TPSA) is 32.3 Å². The van der Waals surface area contributed by atoms with Crippen LogP contribution in [-0.2, 0) is 6.54 Å². The molecule has 1 aliphatic rings. The average Bonchev–Trinajstić information content (AvgIpc) is 2.47. The van der Waals surface area contributed by atoms with E-state index in [-0.39, 0.29) is 11.6 Å². The number of hydrogen-bond donors (Lipinski definition) is 1. The maximum atomic E-state index is 11.7. The molecule has 0 radical (unpaired) electrons. The number of carbonyl (C=O) groups excluding carboxylic acids is 1. The number of amides is 2. The van der Waals surface area contributed by atoms with E-state index in [0.717, 1.165) is 12.2 Å². The lowest BCUT2D eigenvalue weighted by molar-refractivity contribution is 0.150. The first-order valence-electron chi connectivity index (χ1n) is 4.63. The SMILES string of the molecule is CC(C)(C)N1Cc2sccc2NC1=O. The van der Waals surface area contributed by atoms with E-state index >= 15 is 0 Å². The van der Waals surface area contributed by atoms with Crippen molar-refractivity contribution in [2.24, 2.45) is 0 Å². The Morgan fingerprint density at radius 1 is 1.50 bits per heavy atom. The molecule has 14 heavy (non-hydrogen) atoms. The Labute approximate surface area is 87.7 Å². The third-order valence-electron chi connectivity index (χ3n) is 2.34. The van der Waals surface area contributed by atoms with Crippen LogP contribution < -0.4 is 5.32 Å². The van der Waals surface area contributed by atoms with E-state index in [9.17, 15) is 4.79 Å². The minimum atomic E-state index is -0.119. The first kappa shape index (κ1) is 9.52. The van der Waals surface area contributed by atoms with Crippen LogP contribution in [0.4, 0.5) is 10.5 Å². The van der Waals surface area contributed by atoms with Crippen LogP contribution in [0.1, 0.15) is 25.6 Å². The van der Waals surface area contributed by atoms with Crippen LogP contribution in [-0.4, -0.2) is 16.5 Å². The van der Waals surface area contributed by atoms with E-state index in [2.05, 4.69) is 5.32 Å². The first-order chi connectivity index (χ1) is 6.48. The van der Waals surface area contributed by atoms with E-state index < -0.39 is 0 Å². The van der Waals surface area contributed by atoms with Crippen molar-refractivity contribution in [1.29, 1.82) is 0 Å². The molecule has 3 nitrogen and oxygen atoms in total. The lowest BCUT2D eigenvalue weighted by Crippen LogP contribution is -2.49. The van der Waals surface area contributed by atoms with Gasteiger partial charge in [-0.1, -0.05) is 0 Å². The van der Waals surface area contributed by atoms with Gasteiger partial charge in [-0.15, -0.1) is 11.3 Å². The highest BCUT2D eigenvalue weighted by molar-refractivity contribution is 7.10. The lowest BCUT2D eigenvalue weighted by atomic mass is 10.1. The Balaban J connectivity index is 2.31. The Hall–Kier alpha value is -1.03. The van der Waals surface area contributed by atoms with Gasteiger partial charge in [-0.3, -0.25) is 0 Å². The van der Waals surface area contributed by atoms with E-state index in [0.29, 0.717) is 0 Å². The third kappa shape index (κ3) is 1.50. The summed E-state index contributed by atoms with van der Waals surface area (Å²) in [4.78, 5) is 14.8. The van der Waals surface area contributed by atoms with Gasteiger partial charge in [-0.2, -0.15) is 0 Å². The predicted molar refractivity (Wildman–Crippen MR) is 58.6 cm³/mol. The molecule has 0 saturated heterocycles. The van der Waals surface area contributed by atoms with Gasteiger partial charge < -0.3 is 10.2 Å². The van der Waals surface area contributed by atoms with Crippen LogP contribution in [0.5, 0.6) is 0 Å². The molecule has 0 aliphatic carbocycles. The van der Waals surface area contributed by atoms with E-state index in [4.69, 9.17) is 0 Å². The van der Waals surface area contributed by atoms with Crippen molar-refractivity contribution < 1.29 is 4.79 Å². The fourth-order valence-corrected chi connectivity index (χ4v) is 2.33. The van der Waals surface area contributed by atoms with Gasteiger partial charge in [-0.25, -0.2) is 4.79 Å². The van der Waals surface area contributed by atoms with Gasteiger partial charge in [0, 0.05) is 10.4 Å². The van der Waals surface area contributed by atoms with Gasteiger partial charge in [0.1, 0.15) is 0 Å². The smallest absolute Gasteiger partial charge is 0.314 e. The average molecular weight is 210 g/mol. The van der Waals surface area contributed by atoms with Gasteiger partial charge in [0.2, 0.25) is 0 Å². The number of anilines is 1. The number of nitrogens with one attached hydrogen (secondary N) is 1. The Bertz CT molecular complexity index is 364. The summed E-state index contributed by atoms with van der Waals surface area (Å²) in [5.74, 6) is 0. The zero-order valence-corrected chi connectivity index (χ0v) is 9.44. The molecule has 4 heteroatoms. The molecule has 2 heterocycles. The van der Waals surface area contributed by atoms with Crippen LogP contribution in [0, 0.1) is 0 Å². The van der Waals surface area contributed by atoms with Crippen molar-refractivity contribution in [1.82, 2.24) is 4.90 Å². The molecular formula is C10H14N2OS. The molecule has 2 rings (SSSR count). The fraction of sp³-hybridized carbons (Fsp3) is 0.500. The quantitative estimate of drug-likeness (QED) is 0.701. The fourth-order valence-electron chi connectivity index (χ4n) is 1.51. The highest BCUT2D eigenvalue weighted by atomic mass is 32.1. The molecule has 0 saturated carbocycles. The standard InChI is InChI=1S/C10H14N2OS/c1-10(2,3)12-6-8-7(4-5-14-8)11-9(12)13/h4-5H,6H2,1-3H3,(H,11,13). The van der Waals surface area contributed by atoms with E-state index in [1.165, 1.54) is 4.88 Å². The number of thiophene rings is 1.